The second-order valence-corrected chi connectivity index (χ2v) is 7.01. The molecule has 1 fully saturated rings. The largest absolute Gasteiger partial charge is 0.471 e. The number of carbonyl (C=O) groups is 2. The Morgan fingerprint density at radius 3 is 2.79 bits per heavy atom. The summed E-state index contributed by atoms with van der Waals surface area (Å²) < 4.78 is 55.5. The second kappa shape index (κ2) is 8.40. The molecule has 0 bridgehead atoms. The number of halogens is 5. The fourth-order valence-electron chi connectivity index (χ4n) is 3.09. The number of hydrogen-bond acceptors (Lipinski definition) is 4. The van der Waals surface area contributed by atoms with E-state index in [1.807, 2.05) is 5.32 Å². The van der Waals surface area contributed by atoms with Crippen molar-refractivity contribution in [2.24, 2.45) is 0 Å². The minimum atomic E-state index is -4.95. The lowest BCUT2D eigenvalue weighted by atomic mass is 10.1. The zero-order chi connectivity index (χ0) is 21.2. The van der Waals surface area contributed by atoms with E-state index in [1.54, 1.807) is 0 Å². The number of alkyl halides is 3. The van der Waals surface area contributed by atoms with Crippen molar-refractivity contribution in [2.75, 3.05) is 13.1 Å². The van der Waals surface area contributed by atoms with Gasteiger partial charge in [0.1, 0.15) is 5.82 Å². The van der Waals surface area contributed by atoms with Gasteiger partial charge in [0.25, 0.3) is 0 Å². The average Bonchev–Trinajstić information content (AvgIpc) is 3.30. The van der Waals surface area contributed by atoms with Gasteiger partial charge >= 0.3 is 12.1 Å². The number of carbonyl (C=O) groups excluding carboxylic acids is 2. The van der Waals surface area contributed by atoms with Crippen molar-refractivity contribution in [1.82, 2.24) is 15.4 Å². The Morgan fingerprint density at radius 1 is 1.34 bits per heavy atom. The van der Waals surface area contributed by atoms with E-state index in [1.165, 1.54) is 29.3 Å². The molecule has 11 heteroatoms. The van der Waals surface area contributed by atoms with Gasteiger partial charge in [-0.25, -0.2) is 4.39 Å². The molecular formula is C18H16ClF4N3O3. The Bertz CT molecular complexity index is 916. The van der Waals surface area contributed by atoms with Crippen LogP contribution < -0.4 is 5.32 Å². The summed E-state index contributed by atoms with van der Waals surface area (Å²) in [7, 11) is 0. The van der Waals surface area contributed by atoms with Crippen LogP contribution in [0, 0.1) is 5.82 Å². The van der Waals surface area contributed by atoms with Crippen LogP contribution in [0.5, 0.6) is 0 Å². The molecule has 156 valence electrons. The minimum Gasteiger partial charge on any atom is -0.356 e. The SMILES string of the molecule is O=C(CCc1cnoc1-c1ccc(F)c(Cl)c1)N1CCC(NC(=O)C(F)(F)F)C1. The van der Waals surface area contributed by atoms with Crippen LogP contribution in [0.1, 0.15) is 18.4 Å². The average molecular weight is 434 g/mol. The molecule has 3 rings (SSSR count). The lowest BCUT2D eigenvalue weighted by molar-refractivity contribution is -0.174. The number of aryl methyl sites for hydroxylation is 1. The van der Waals surface area contributed by atoms with E-state index in [4.69, 9.17) is 16.1 Å². The van der Waals surface area contributed by atoms with Crippen LogP contribution >= 0.6 is 11.6 Å². The zero-order valence-corrected chi connectivity index (χ0v) is 15.7. The van der Waals surface area contributed by atoms with Gasteiger partial charge in [-0.1, -0.05) is 16.8 Å². The van der Waals surface area contributed by atoms with E-state index in [0.29, 0.717) is 16.9 Å². The fourth-order valence-corrected chi connectivity index (χ4v) is 3.27. The van der Waals surface area contributed by atoms with E-state index in [-0.39, 0.29) is 43.3 Å². The van der Waals surface area contributed by atoms with Gasteiger partial charge in [-0.15, -0.1) is 0 Å². The first-order chi connectivity index (χ1) is 13.6. The third-order valence-corrected chi connectivity index (χ3v) is 4.86. The molecule has 0 aliphatic carbocycles. The Morgan fingerprint density at radius 2 is 2.10 bits per heavy atom. The van der Waals surface area contributed by atoms with Gasteiger partial charge in [0.05, 0.1) is 11.2 Å². The number of nitrogens with zero attached hydrogens (tertiary/aromatic N) is 2. The molecule has 6 nitrogen and oxygen atoms in total. The zero-order valence-electron chi connectivity index (χ0n) is 14.9. The normalized spacial score (nSPS) is 16.9. The third-order valence-electron chi connectivity index (χ3n) is 4.57. The number of rotatable bonds is 5. The summed E-state index contributed by atoms with van der Waals surface area (Å²) in [5.41, 5.74) is 1.12. The Balaban J connectivity index is 1.56. The Hall–Kier alpha value is -2.62. The number of aromatic nitrogens is 1. The molecule has 1 aliphatic rings. The summed E-state index contributed by atoms with van der Waals surface area (Å²) >= 11 is 5.78. The molecule has 1 aromatic heterocycles. The summed E-state index contributed by atoms with van der Waals surface area (Å²) in [6.07, 6.45) is -2.92. The molecule has 1 unspecified atom stereocenters. The van der Waals surface area contributed by atoms with E-state index in [2.05, 4.69) is 5.16 Å². The Labute approximate surface area is 167 Å². The molecule has 1 aromatic carbocycles. The van der Waals surface area contributed by atoms with Crippen LogP contribution in [0.3, 0.4) is 0 Å². The van der Waals surface area contributed by atoms with Gasteiger partial charge in [-0.3, -0.25) is 9.59 Å². The smallest absolute Gasteiger partial charge is 0.356 e. The lowest BCUT2D eigenvalue weighted by Gasteiger charge is -2.17. The van der Waals surface area contributed by atoms with Crippen molar-refractivity contribution in [2.45, 2.75) is 31.5 Å². The standard InChI is InChI=1S/C18H16ClF4N3O3/c19-13-7-10(1-3-14(13)20)16-11(8-24-29-16)2-4-15(27)26-6-5-12(9-26)25-17(28)18(21,22)23/h1,3,7-8,12H,2,4-6,9H2,(H,25,28). The van der Waals surface area contributed by atoms with Crippen molar-refractivity contribution < 1.29 is 31.7 Å². The molecule has 2 aromatic rings. The summed E-state index contributed by atoms with van der Waals surface area (Å²) in [6.45, 7) is 0.274. The van der Waals surface area contributed by atoms with Crippen molar-refractivity contribution in [3.63, 3.8) is 0 Å². The summed E-state index contributed by atoms with van der Waals surface area (Å²) in [4.78, 5) is 24.8. The highest BCUT2D eigenvalue weighted by Gasteiger charge is 2.41. The molecule has 0 radical (unpaired) electrons. The second-order valence-electron chi connectivity index (χ2n) is 6.61. The topological polar surface area (TPSA) is 75.4 Å². The van der Waals surface area contributed by atoms with E-state index in [0.717, 1.165) is 0 Å². The number of hydrogen-bond donors (Lipinski definition) is 1. The van der Waals surface area contributed by atoms with Crippen LogP contribution in [0.15, 0.2) is 28.9 Å². The first-order valence-corrected chi connectivity index (χ1v) is 9.07. The number of nitrogens with one attached hydrogen (secondary N) is 1. The number of benzene rings is 1. The number of amides is 2. The summed E-state index contributed by atoms with van der Waals surface area (Å²) in [5.74, 6) is -2.49. The molecule has 29 heavy (non-hydrogen) atoms. The van der Waals surface area contributed by atoms with Crippen molar-refractivity contribution in [1.29, 1.82) is 0 Å². The van der Waals surface area contributed by atoms with Crippen molar-refractivity contribution in [3.8, 4) is 11.3 Å². The van der Waals surface area contributed by atoms with Gasteiger partial charge in [0.15, 0.2) is 5.76 Å². The van der Waals surface area contributed by atoms with Gasteiger partial charge in [0, 0.05) is 36.7 Å². The van der Waals surface area contributed by atoms with E-state index in [9.17, 15) is 27.2 Å². The highest BCUT2D eigenvalue weighted by atomic mass is 35.5. The van der Waals surface area contributed by atoms with Gasteiger partial charge in [-0.2, -0.15) is 13.2 Å². The number of likely N-dealkylation sites (tertiary alicyclic amines) is 1. The molecule has 1 atom stereocenters. The first-order valence-electron chi connectivity index (χ1n) is 8.69. The van der Waals surface area contributed by atoms with E-state index < -0.39 is 23.9 Å². The van der Waals surface area contributed by atoms with Crippen LogP contribution in [-0.4, -0.2) is 47.2 Å². The summed E-state index contributed by atoms with van der Waals surface area (Å²) in [6, 6.07) is 3.31. The van der Waals surface area contributed by atoms with Crippen LogP contribution in [0.25, 0.3) is 11.3 Å². The van der Waals surface area contributed by atoms with Crippen LogP contribution in [0.4, 0.5) is 17.6 Å². The molecule has 2 heterocycles. The van der Waals surface area contributed by atoms with Crippen LogP contribution in [-0.2, 0) is 16.0 Å². The molecule has 0 saturated carbocycles. The molecular weight excluding hydrogens is 418 g/mol. The highest BCUT2D eigenvalue weighted by molar-refractivity contribution is 6.31. The van der Waals surface area contributed by atoms with Crippen molar-refractivity contribution in [3.05, 3.63) is 40.8 Å². The quantitative estimate of drug-likeness (QED) is 0.734. The van der Waals surface area contributed by atoms with Crippen molar-refractivity contribution >= 4 is 23.4 Å². The predicted octanol–water partition coefficient (Wildman–Crippen LogP) is 3.35. The molecule has 1 aliphatic heterocycles. The third kappa shape index (κ3) is 5.06. The maximum atomic E-state index is 13.3. The maximum absolute atomic E-state index is 13.3. The Kier molecular flexibility index (Phi) is 6.11. The van der Waals surface area contributed by atoms with Gasteiger partial charge in [0.2, 0.25) is 5.91 Å². The van der Waals surface area contributed by atoms with Crippen LogP contribution in [0.2, 0.25) is 5.02 Å². The fraction of sp³-hybridized carbons (Fsp3) is 0.389. The minimum absolute atomic E-state index is 0.0186. The molecule has 0 spiro atoms. The summed E-state index contributed by atoms with van der Waals surface area (Å²) in [5, 5.41) is 5.51. The van der Waals surface area contributed by atoms with E-state index >= 15 is 0 Å². The lowest BCUT2D eigenvalue weighted by Crippen LogP contribution is -2.44. The maximum Gasteiger partial charge on any atom is 0.471 e. The molecule has 2 amide bonds. The first kappa shape index (κ1) is 21.1. The predicted molar refractivity (Wildman–Crippen MR) is 94.4 cm³/mol. The van der Waals surface area contributed by atoms with Gasteiger partial charge in [-0.05, 0) is 31.0 Å². The monoisotopic (exact) mass is 433 g/mol. The molecule has 1 N–H and O–H groups in total. The van der Waals surface area contributed by atoms with Gasteiger partial charge < -0.3 is 14.7 Å². The molecule has 1 saturated heterocycles. The highest BCUT2D eigenvalue weighted by Crippen LogP contribution is 2.28.